The molecule has 4 heteroatoms. The quantitative estimate of drug-likeness (QED) is 0.833. The van der Waals surface area contributed by atoms with Gasteiger partial charge in [-0.2, -0.15) is 0 Å². The Labute approximate surface area is 95.3 Å². The molecule has 86 valence electrons. The van der Waals surface area contributed by atoms with Gasteiger partial charge in [0, 0.05) is 6.54 Å². The van der Waals surface area contributed by atoms with Gasteiger partial charge in [-0.25, -0.2) is 0 Å². The summed E-state index contributed by atoms with van der Waals surface area (Å²) >= 11 is 0. The molecule has 1 aromatic rings. The first-order chi connectivity index (χ1) is 7.79. The molecule has 0 aliphatic carbocycles. The zero-order valence-electron chi connectivity index (χ0n) is 9.62. The van der Waals surface area contributed by atoms with Crippen LogP contribution in [0.5, 0.6) is 11.5 Å². The van der Waals surface area contributed by atoms with Crippen LogP contribution in [0.3, 0.4) is 0 Å². The minimum Gasteiger partial charge on any atom is -0.493 e. The van der Waals surface area contributed by atoms with Crippen molar-refractivity contribution in [1.29, 1.82) is 0 Å². The van der Waals surface area contributed by atoms with Gasteiger partial charge < -0.3 is 14.8 Å². The van der Waals surface area contributed by atoms with Gasteiger partial charge >= 0.3 is 0 Å². The normalized spacial score (nSPS) is 14.2. The third-order valence-corrected chi connectivity index (χ3v) is 2.43. The summed E-state index contributed by atoms with van der Waals surface area (Å²) in [6, 6.07) is 5.88. The summed E-state index contributed by atoms with van der Waals surface area (Å²) in [5.41, 5.74) is 1.15. The molecule has 0 amide bonds. The summed E-state index contributed by atoms with van der Waals surface area (Å²) in [5.74, 6) is 2.42. The Morgan fingerprint density at radius 2 is 2.25 bits per heavy atom. The number of amidine groups is 1. The lowest BCUT2D eigenvalue weighted by molar-refractivity contribution is 0.333. The highest BCUT2D eigenvalue weighted by Crippen LogP contribution is 2.27. The van der Waals surface area contributed by atoms with Gasteiger partial charge in [-0.3, -0.25) is 4.99 Å². The average Bonchev–Trinajstić information content (AvgIpc) is 2.80. The molecule has 0 radical (unpaired) electrons. The van der Waals surface area contributed by atoms with Gasteiger partial charge in [0.25, 0.3) is 0 Å². The molecule has 0 spiro atoms. The van der Waals surface area contributed by atoms with Gasteiger partial charge in [0.1, 0.15) is 12.4 Å². The molecule has 1 aliphatic rings. The van der Waals surface area contributed by atoms with Crippen LogP contribution in [-0.4, -0.2) is 32.6 Å². The monoisotopic (exact) mass is 220 g/mol. The molecule has 4 nitrogen and oxygen atoms in total. The number of rotatable bonds is 4. The maximum Gasteiger partial charge on any atom is 0.161 e. The Kier molecular flexibility index (Phi) is 3.29. The van der Waals surface area contributed by atoms with Crippen molar-refractivity contribution >= 4 is 5.84 Å². The summed E-state index contributed by atoms with van der Waals surface area (Å²) < 4.78 is 10.9. The Hall–Kier alpha value is -1.71. The van der Waals surface area contributed by atoms with E-state index in [4.69, 9.17) is 9.47 Å². The Morgan fingerprint density at radius 3 is 2.94 bits per heavy atom. The Balaban J connectivity index is 2.02. The smallest absolute Gasteiger partial charge is 0.161 e. The van der Waals surface area contributed by atoms with E-state index in [1.807, 2.05) is 25.1 Å². The molecule has 1 aromatic carbocycles. The molecule has 0 saturated carbocycles. The van der Waals surface area contributed by atoms with Crippen LogP contribution in [0.2, 0.25) is 0 Å². The highest BCUT2D eigenvalue weighted by molar-refractivity contribution is 5.85. The lowest BCUT2D eigenvalue weighted by Crippen LogP contribution is -2.24. The van der Waals surface area contributed by atoms with Crippen molar-refractivity contribution in [3.8, 4) is 11.5 Å². The summed E-state index contributed by atoms with van der Waals surface area (Å²) in [7, 11) is 1.65. The number of aryl methyl sites for hydroxylation is 1. The van der Waals surface area contributed by atoms with Crippen molar-refractivity contribution < 1.29 is 9.47 Å². The summed E-state index contributed by atoms with van der Waals surface area (Å²) in [6.07, 6.45) is 0. The Bertz CT molecular complexity index is 402. The topological polar surface area (TPSA) is 42.9 Å². The van der Waals surface area contributed by atoms with Crippen LogP contribution >= 0.6 is 0 Å². The number of hydrogen-bond donors (Lipinski definition) is 1. The first kappa shape index (κ1) is 10.8. The number of hydrogen-bond acceptors (Lipinski definition) is 4. The second-order valence-electron chi connectivity index (χ2n) is 3.70. The summed E-state index contributed by atoms with van der Waals surface area (Å²) in [4.78, 5) is 4.26. The number of nitrogens with one attached hydrogen (secondary N) is 1. The molecule has 0 aromatic heterocycles. The van der Waals surface area contributed by atoms with Gasteiger partial charge in [-0.1, -0.05) is 6.07 Å². The van der Waals surface area contributed by atoms with E-state index in [1.165, 1.54) is 0 Å². The lowest BCUT2D eigenvalue weighted by Gasteiger charge is -2.11. The zero-order chi connectivity index (χ0) is 11.4. The van der Waals surface area contributed by atoms with E-state index in [-0.39, 0.29) is 0 Å². The number of aliphatic imine (C=N–C) groups is 1. The second kappa shape index (κ2) is 4.88. The molecule has 0 fully saturated rings. The average molecular weight is 220 g/mol. The fourth-order valence-corrected chi connectivity index (χ4v) is 1.58. The molecule has 1 heterocycles. The van der Waals surface area contributed by atoms with Crippen LogP contribution in [0.1, 0.15) is 5.56 Å². The van der Waals surface area contributed by atoms with E-state index in [9.17, 15) is 0 Å². The fraction of sp³-hybridized carbons (Fsp3) is 0.417. The highest BCUT2D eigenvalue weighted by atomic mass is 16.5. The van der Waals surface area contributed by atoms with Gasteiger partial charge in [0.05, 0.1) is 13.7 Å². The maximum atomic E-state index is 5.65. The molecule has 0 bridgehead atoms. The van der Waals surface area contributed by atoms with Crippen molar-refractivity contribution in [3.05, 3.63) is 23.8 Å². The van der Waals surface area contributed by atoms with E-state index in [0.29, 0.717) is 6.61 Å². The van der Waals surface area contributed by atoms with Crippen LogP contribution in [0.15, 0.2) is 23.2 Å². The van der Waals surface area contributed by atoms with Crippen molar-refractivity contribution in [2.24, 2.45) is 4.99 Å². The van der Waals surface area contributed by atoms with Crippen LogP contribution in [0.25, 0.3) is 0 Å². The predicted octanol–water partition coefficient (Wildman–Crippen LogP) is 1.38. The number of ether oxygens (including phenoxy) is 2. The maximum absolute atomic E-state index is 5.65. The van der Waals surface area contributed by atoms with Crippen molar-refractivity contribution in [2.75, 3.05) is 26.8 Å². The van der Waals surface area contributed by atoms with Crippen LogP contribution in [0.4, 0.5) is 0 Å². The van der Waals surface area contributed by atoms with Crippen molar-refractivity contribution in [2.45, 2.75) is 6.92 Å². The SMILES string of the molecule is COc1cc(C)ccc1OCC1=NCCN1. The zero-order valence-corrected chi connectivity index (χ0v) is 9.62. The van der Waals surface area contributed by atoms with Gasteiger partial charge in [0.2, 0.25) is 0 Å². The molecule has 2 rings (SSSR count). The largest absolute Gasteiger partial charge is 0.493 e. The molecular formula is C12H16N2O2. The lowest BCUT2D eigenvalue weighted by atomic mass is 10.2. The first-order valence-electron chi connectivity index (χ1n) is 5.34. The Morgan fingerprint density at radius 1 is 1.38 bits per heavy atom. The fourth-order valence-electron chi connectivity index (χ4n) is 1.58. The van der Waals surface area contributed by atoms with Gasteiger partial charge in [-0.05, 0) is 24.6 Å². The van der Waals surface area contributed by atoms with Crippen molar-refractivity contribution in [1.82, 2.24) is 5.32 Å². The molecule has 1 aliphatic heterocycles. The first-order valence-corrected chi connectivity index (χ1v) is 5.34. The molecular weight excluding hydrogens is 204 g/mol. The van der Waals surface area contributed by atoms with Crippen LogP contribution in [0, 0.1) is 6.92 Å². The number of nitrogens with zero attached hydrogens (tertiary/aromatic N) is 1. The number of methoxy groups -OCH3 is 1. The van der Waals surface area contributed by atoms with Crippen LogP contribution < -0.4 is 14.8 Å². The highest BCUT2D eigenvalue weighted by Gasteiger charge is 2.08. The predicted molar refractivity (Wildman–Crippen MR) is 63.5 cm³/mol. The van der Waals surface area contributed by atoms with Gasteiger partial charge in [0.15, 0.2) is 11.5 Å². The molecule has 0 unspecified atom stereocenters. The summed E-state index contributed by atoms with van der Waals surface area (Å²) in [6.45, 7) is 4.24. The second-order valence-corrected chi connectivity index (χ2v) is 3.70. The molecule has 0 atom stereocenters. The van der Waals surface area contributed by atoms with E-state index in [2.05, 4.69) is 10.3 Å². The summed E-state index contributed by atoms with van der Waals surface area (Å²) in [5, 5.41) is 3.16. The van der Waals surface area contributed by atoms with E-state index in [0.717, 1.165) is 36.0 Å². The third kappa shape index (κ3) is 2.45. The minimum atomic E-state index is 0.472. The molecule has 0 saturated heterocycles. The number of benzene rings is 1. The van der Waals surface area contributed by atoms with Crippen molar-refractivity contribution in [3.63, 3.8) is 0 Å². The van der Waals surface area contributed by atoms with Crippen LogP contribution in [-0.2, 0) is 0 Å². The van der Waals surface area contributed by atoms with E-state index < -0.39 is 0 Å². The van der Waals surface area contributed by atoms with E-state index in [1.54, 1.807) is 7.11 Å². The van der Waals surface area contributed by atoms with E-state index >= 15 is 0 Å². The minimum absolute atomic E-state index is 0.472. The third-order valence-electron chi connectivity index (χ3n) is 2.43. The standard InChI is InChI=1S/C12H16N2O2/c1-9-3-4-10(11(7-9)15-2)16-8-12-13-5-6-14-12/h3-4,7H,5-6,8H2,1-2H3,(H,13,14). The van der Waals surface area contributed by atoms with Gasteiger partial charge in [-0.15, -0.1) is 0 Å². The molecule has 16 heavy (non-hydrogen) atoms. The molecule has 1 N–H and O–H groups in total.